The average Bonchev–Trinajstić information content (AvgIpc) is 2.67. The Balaban J connectivity index is 0.00000676. The van der Waals surface area contributed by atoms with Crippen LogP contribution in [0.3, 0.4) is 0 Å². The van der Waals surface area contributed by atoms with E-state index in [4.69, 9.17) is 4.74 Å². The Hall–Kier alpha value is -1.51. The molecule has 0 heterocycles. The van der Waals surface area contributed by atoms with Gasteiger partial charge in [-0.2, -0.15) is 0 Å². The molecule has 0 fully saturated rings. The first-order valence-electron chi connectivity index (χ1n) is 9.45. The Morgan fingerprint density at radius 2 is 1.85 bits per heavy atom. The number of rotatable bonds is 11. The minimum atomic E-state index is -0.0700. The number of guanidine groups is 1. The van der Waals surface area contributed by atoms with E-state index in [1.807, 2.05) is 24.3 Å². The second-order valence-electron chi connectivity index (χ2n) is 6.45. The fourth-order valence-corrected chi connectivity index (χ4v) is 2.55. The van der Waals surface area contributed by atoms with Crippen molar-refractivity contribution in [2.24, 2.45) is 4.99 Å². The second-order valence-corrected chi connectivity index (χ2v) is 6.45. The first kappa shape index (κ1) is 25.5. The third kappa shape index (κ3) is 11.7. The maximum Gasteiger partial charge on any atom is 0.239 e. The molecule has 7 heteroatoms. The predicted molar refractivity (Wildman–Crippen MR) is 123 cm³/mol. The van der Waals surface area contributed by atoms with Gasteiger partial charge in [0, 0.05) is 19.6 Å². The summed E-state index contributed by atoms with van der Waals surface area (Å²) in [5, 5.41) is 9.29. The Bertz CT molecular complexity index is 549. The van der Waals surface area contributed by atoms with Gasteiger partial charge in [0.2, 0.25) is 5.91 Å². The quantitative estimate of drug-likeness (QED) is 0.192. The van der Waals surface area contributed by atoms with Gasteiger partial charge in [0.1, 0.15) is 5.75 Å². The molecular formula is C20H35IN4O2. The molecule has 0 bridgehead atoms. The molecule has 0 aromatic heterocycles. The number of halogens is 1. The van der Waals surface area contributed by atoms with Gasteiger partial charge >= 0.3 is 0 Å². The molecule has 1 rings (SSSR count). The van der Waals surface area contributed by atoms with E-state index in [2.05, 4.69) is 34.8 Å². The number of hydrogen-bond acceptors (Lipinski definition) is 3. The van der Waals surface area contributed by atoms with Gasteiger partial charge in [-0.25, -0.2) is 0 Å². The lowest BCUT2D eigenvalue weighted by Gasteiger charge is -2.17. The summed E-state index contributed by atoms with van der Waals surface area (Å²) in [6.07, 6.45) is 6.11. The lowest BCUT2D eigenvalue weighted by Crippen LogP contribution is -2.45. The topological polar surface area (TPSA) is 74.8 Å². The standard InChI is InChI=1S/C20H34N4O2.HI/c1-5-6-7-8-9-16(2)24-20(21-3)23-15-19(25)22-14-17-10-12-18(26-4)13-11-17;/h10-13,16H,5-9,14-15H2,1-4H3,(H,22,25)(H2,21,23,24);1H. The second kappa shape index (κ2) is 15.5. The number of nitrogens with zero attached hydrogens (tertiary/aromatic N) is 1. The van der Waals surface area contributed by atoms with E-state index in [0.29, 0.717) is 18.5 Å². The number of carbonyl (C=O) groups excluding carboxylic acids is 1. The van der Waals surface area contributed by atoms with Crippen LogP contribution in [0, 0.1) is 0 Å². The first-order valence-corrected chi connectivity index (χ1v) is 9.45. The minimum Gasteiger partial charge on any atom is -0.497 e. The largest absolute Gasteiger partial charge is 0.497 e. The third-order valence-corrected chi connectivity index (χ3v) is 4.16. The van der Waals surface area contributed by atoms with E-state index >= 15 is 0 Å². The molecule has 0 aliphatic heterocycles. The monoisotopic (exact) mass is 490 g/mol. The van der Waals surface area contributed by atoms with Crippen molar-refractivity contribution in [3.05, 3.63) is 29.8 Å². The lowest BCUT2D eigenvalue weighted by atomic mass is 10.1. The molecule has 0 radical (unpaired) electrons. The lowest BCUT2D eigenvalue weighted by molar-refractivity contribution is -0.120. The van der Waals surface area contributed by atoms with Crippen LogP contribution in [-0.2, 0) is 11.3 Å². The van der Waals surface area contributed by atoms with Crippen LogP contribution in [0.25, 0.3) is 0 Å². The highest BCUT2D eigenvalue weighted by Gasteiger charge is 2.07. The maximum atomic E-state index is 12.0. The molecule has 3 N–H and O–H groups in total. The van der Waals surface area contributed by atoms with Gasteiger partial charge < -0.3 is 20.7 Å². The molecule has 1 aromatic carbocycles. The average molecular weight is 490 g/mol. The number of nitrogens with one attached hydrogen (secondary N) is 3. The van der Waals surface area contributed by atoms with Gasteiger partial charge in [-0.15, -0.1) is 24.0 Å². The van der Waals surface area contributed by atoms with Gasteiger partial charge in [-0.1, -0.05) is 44.7 Å². The van der Waals surface area contributed by atoms with Gasteiger partial charge in [0.05, 0.1) is 13.7 Å². The summed E-state index contributed by atoms with van der Waals surface area (Å²) in [7, 11) is 3.35. The Morgan fingerprint density at radius 3 is 2.44 bits per heavy atom. The van der Waals surface area contributed by atoms with Crippen LogP contribution in [0.5, 0.6) is 5.75 Å². The summed E-state index contributed by atoms with van der Waals surface area (Å²) in [6.45, 7) is 5.04. The molecule has 0 aliphatic carbocycles. The van der Waals surface area contributed by atoms with Crippen LogP contribution >= 0.6 is 24.0 Å². The zero-order chi connectivity index (χ0) is 19.2. The molecule has 6 nitrogen and oxygen atoms in total. The summed E-state index contributed by atoms with van der Waals surface area (Å²) in [5.41, 5.74) is 1.03. The molecule has 1 amide bonds. The number of ether oxygens (including phenoxy) is 1. The van der Waals surface area contributed by atoms with Crippen molar-refractivity contribution in [1.29, 1.82) is 0 Å². The van der Waals surface area contributed by atoms with Crippen molar-refractivity contribution >= 4 is 35.8 Å². The summed E-state index contributed by atoms with van der Waals surface area (Å²) in [5.74, 6) is 1.40. The van der Waals surface area contributed by atoms with Gasteiger partial charge in [0.15, 0.2) is 5.96 Å². The highest BCUT2D eigenvalue weighted by atomic mass is 127. The summed E-state index contributed by atoms with van der Waals surface area (Å²) >= 11 is 0. The smallest absolute Gasteiger partial charge is 0.239 e. The minimum absolute atomic E-state index is 0. The van der Waals surface area contributed by atoms with Crippen LogP contribution in [-0.4, -0.2) is 38.6 Å². The zero-order valence-corrected chi connectivity index (χ0v) is 19.3. The number of methoxy groups -OCH3 is 1. The molecule has 0 saturated carbocycles. The maximum absolute atomic E-state index is 12.0. The van der Waals surface area contributed by atoms with Crippen molar-refractivity contribution in [3.63, 3.8) is 0 Å². The van der Waals surface area contributed by atoms with Crippen LogP contribution in [0.2, 0.25) is 0 Å². The van der Waals surface area contributed by atoms with Crippen LogP contribution in [0.15, 0.2) is 29.3 Å². The molecule has 0 aliphatic rings. The normalized spacial score (nSPS) is 11.9. The van der Waals surface area contributed by atoms with Crippen molar-refractivity contribution in [2.75, 3.05) is 20.7 Å². The van der Waals surface area contributed by atoms with Crippen LogP contribution < -0.4 is 20.7 Å². The Kier molecular flexibility index (Phi) is 14.7. The van der Waals surface area contributed by atoms with Crippen LogP contribution in [0.4, 0.5) is 0 Å². The fraction of sp³-hybridized carbons (Fsp3) is 0.600. The molecule has 154 valence electrons. The van der Waals surface area contributed by atoms with Crippen molar-refractivity contribution < 1.29 is 9.53 Å². The van der Waals surface area contributed by atoms with Crippen LogP contribution in [0.1, 0.15) is 51.5 Å². The summed E-state index contributed by atoms with van der Waals surface area (Å²) < 4.78 is 5.12. The molecule has 1 unspecified atom stereocenters. The molecule has 1 aromatic rings. The molecule has 1 atom stereocenters. The SMILES string of the molecule is CCCCCCC(C)NC(=NC)NCC(=O)NCc1ccc(OC)cc1.I. The molecular weight excluding hydrogens is 455 g/mol. The molecule has 0 spiro atoms. The fourth-order valence-electron chi connectivity index (χ4n) is 2.55. The van der Waals surface area contributed by atoms with Crippen molar-refractivity contribution in [3.8, 4) is 5.75 Å². The van der Waals surface area contributed by atoms with Gasteiger partial charge in [-0.05, 0) is 31.0 Å². The number of unbranched alkanes of at least 4 members (excludes halogenated alkanes) is 3. The molecule has 0 saturated heterocycles. The zero-order valence-electron chi connectivity index (χ0n) is 17.0. The number of benzene rings is 1. The third-order valence-electron chi connectivity index (χ3n) is 4.16. The number of hydrogen-bond donors (Lipinski definition) is 3. The summed E-state index contributed by atoms with van der Waals surface area (Å²) in [6, 6.07) is 7.97. The highest BCUT2D eigenvalue weighted by molar-refractivity contribution is 14.0. The van der Waals surface area contributed by atoms with Gasteiger partial charge in [0.25, 0.3) is 0 Å². The van der Waals surface area contributed by atoms with E-state index in [0.717, 1.165) is 17.7 Å². The first-order chi connectivity index (χ1) is 12.6. The van der Waals surface area contributed by atoms with E-state index in [-0.39, 0.29) is 36.4 Å². The number of carbonyl (C=O) groups is 1. The number of amides is 1. The highest BCUT2D eigenvalue weighted by Crippen LogP contribution is 2.10. The van der Waals surface area contributed by atoms with E-state index in [9.17, 15) is 4.79 Å². The van der Waals surface area contributed by atoms with Gasteiger partial charge in [-0.3, -0.25) is 9.79 Å². The Morgan fingerprint density at radius 1 is 1.15 bits per heavy atom. The number of aliphatic imine (C=N–C) groups is 1. The molecule has 27 heavy (non-hydrogen) atoms. The van der Waals surface area contributed by atoms with Crippen molar-refractivity contribution in [2.45, 2.75) is 58.5 Å². The predicted octanol–water partition coefficient (Wildman–Crippen LogP) is 3.45. The summed E-state index contributed by atoms with van der Waals surface area (Å²) in [4.78, 5) is 16.2. The van der Waals surface area contributed by atoms with E-state index in [1.54, 1.807) is 14.2 Å². The Labute approximate surface area is 181 Å². The van der Waals surface area contributed by atoms with Crippen molar-refractivity contribution in [1.82, 2.24) is 16.0 Å². The van der Waals surface area contributed by atoms with E-state index in [1.165, 1.54) is 25.7 Å². The van der Waals surface area contributed by atoms with E-state index < -0.39 is 0 Å².